The molecule has 0 spiro atoms. The van der Waals surface area contributed by atoms with Crippen molar-refractivity contribution in [3.63, 3.8) is 0 Å². The lowest BCUT2D eigenvalue weighted by Gasteiger charge is -2.36. The van der Waals surface area contributed by atoms with Gasteiger partial charge in [0.25, 0.3) is 0 Å². The zero-order valence-electron chi connectivity index (χ0n) is 12.8. The highest BCUT2D eigenvalue weighted by Crippen LogP contribution is 2.18. The molecule has 0 unspecified atom stereocenters. The second-order valence-corrected chi connectivity index (χ2v) is 5.48. The van der Waals surface area contributed by atoms with Crippen LogP contribution in [0.15, 0.2) is 48.5 Å². The van der Waals surface area contributed by atoms with Gasteiger partial charge in [-0.15, -0.1) is 24.8 Å². The van der Waals surface area contributed by atoms with Crippen molar-refractivity contribution in [2.75, 3.05) is 36.8 Å². The topological polar surface area (TPSA) is 32.5 Å². The van der Waals surface area contributed by atoms with Gasteiger partial charge >= 0.3 is 0 Å². The average molecular weight is 358 g/mol. The summed E-state index contributed by atoms with van der Waals surface area (Å²) in [6.45, 7) is 4.88. The number of nitrogens with zero attached hydrogens (tertiary/aromatic N) is 2. The van der Waals surface area contributed by atoms with Crippen molar-refractivity contribution < 1.29 is 4.39 Å². The van der Waals surface area contributed by atoms with Crippen molar-refractivity contribution in [3.05, 3.63) is 59.9 Å². The number of anilines is 2. The monoisotopic (exact) mass is 357 g/mol. The number of benzene rings is 2. The van der Waals surface area contributed by atoms with Gasteiger partial charge < -0.3 is 10.6 Å². The zero-order chi connectivity index (χ0) is 14.7. The van der Waals surface area contributed by atoms with E-state index < -0.39 is 0 Å². The summed E-state index contributed by atoms with van der Waals surface area (Å²) in [7, 11) is 0. The molecule has 3 rings (SSSR count). The van der Waals surface area contributed by atoms with E-state index in [-0.39, 0.29) is 30.6 Å². The molecule has 126 valence electrons. The predicted molar refractivity (Wildman–Crippen MR) is 99.2 cm³/mol. The van der Waals surface area contributed by atoms with Crippen LogP contribution < -0.4 is 10.6 Å². The van der Waals surface area contributed by atoms with Crippen molar-refractivity contribution in [2.45, 2.75) is 6.54 Å². The molecule has 23 heavy (non-hydrogen) atoms. The molecule has 3 nitrogen and oxygen atoms in total. The Morgan fingerprint density at radius 2 is 1.57 bits per heavy atom. The number of rotatable bonds is 3. The van der Waals surface area contributed by atoms with Crippen molar-refractivity contribution >= 4 is 36.2 Å². The lowest BCUT2D eigenvalue weighted by atomic mass is 10.1. The molecule has 6 heteroatoms. The fraction of sp³-hybridized carbons (Fsp3) is 0.294. The van der Waals surface area contributed by atoms with Gasteiger partial charge in [0.05, 0.1) is 0 Å². The van der Waals surface area contributed by atoms with Gasteiger partial charge in [0.1, 0.15) is 5.82 Å². The fourth-order valence-electron chi connectivity index (χ4n) is 2.77. The van der Waals surface area contributed by atoms with Gasteiger partial charge in [0.15, 0.2) is 0 Å². The first-order valence-electron chi connectivity index (χ1n) is 7.28. The third kappa shape index (κ3) is 5.27. The second-order valence-electron chi connectivity index (χ2n) is 5.48. The molecule has 1 fully saturated rings. The first-order chi connectivity index (χ1) is 10.2. The van der Waals surface area contributed by atoms with Gasteiger partial charge in [-0.3, -0.25) is 4.90 Å². The summed E-state index contributed by atoms with van der Waals surface area (Å²) in [6, 6.07) is 14.8. The van der Waals surface area contributed by atoms with Gasteiger partial charge in [-0.1, -0.05) is 12.1 Å². The van der Waals surface area contributed by atoms with Crippen LogP contribution in [0.4, 0.5) is 15.8 Å². The number of halogens is 3. The Morgan fingerprint density at radius 3 is 2.17 bits per heavy atom. The smallest absolute Gasteiger partial charge is 0.123 e. The molecule has 1 saturated heterocycles. The summed E-state index contributed by atoms with van der Waals surface area (Å²) in [6.07, 6.45) is 0. The summed E-state index contributed by atoms with van der Waals surface area (Å²) in [5.74, 6) is -0.181. The van der Waals surface area contributed by atoms with Crippen LogP contribution in [0.25, 0.3) is 0 Å². The number of piperazine rings is 1. The molecule has 1 heterocycles. The maximum absolute atomic E-state index is 13.0. The summed E-state index contributed by atoms with van der Waals surface area (Å²) in [4.78, 5) is 4.73. The Bertz CT molecular complexity index is 599. The number of nitrogens with two attached hydrogens (primary N) is 1. The highest BCUT2D eigenvalue weighted by molar-refractivity contribution is 5.85. The van der Waals surface area contributed by atoms with E-state index in [0.717, 1.165) is 44.1 Å². The molecule has 0 amide bonds. The second kappa shape index (κ2) is 8.96. The Kier molecular flexibility index (Phi) is 7.62. The van der Waals surface area contributed by atoms with E-state index in [1.54, 1.807) is 0 Å². The minimum absolute atomic E-state index is 0. The molecule has 0 radical (unpaired) electrons. The van der Waals surface area contributed by atoms with E-state index in [9.17, 15) is 4.39 Å². The molecule has 0 aliphatic carbocycles. The normalized spacial score (nSPS) is 14.7. The SMILES string of the molecule is Cl.Cl.Nc1cccc(CN2CCN(c3ccc(F)cc3)CC2)c1. The van der Waals surface area contributed by atoms with Gasteiger partial charge in [-0.05, 0) is 42.0 Å². The molecule has 2 aromatic carbocycles. The number of hydrogen-bond acceptors (Lipinski definition) is 3. The van der Waals surface area contributed by atoms with E-state index in [4.69, 9.17) is 5.73 Å². The molecule has 2 aromatic rings. The van der Waals surface area contributed by atoms with Gasteiger partial charge in [0, 0.05) is 44.1 Å². The maximum atomic E-state index is 13.0. The predicted octanol–water partition coefficient (Wildman–Crippen LogP) is 3.57. The van der Waals surface area contributed by atoms with E-state index in [0.29, 0.717) is 0 Å². The molecule has 0 bridgehead atoms. The Morgan fingerprint density at radius 1 is 0.913 bits per heavy atom. The van der Waals surface area contributed by atoms with E-state index in [1.165, 1.54) is 17.7 Å². The maximum Gasteiger partial charge on any atom is 0.123 e. The summed E-state index contributed by atoms with van der Waals surface area (Å²) in [5, 5.41) is 0. The van der Waals surface area contributed by atoms with Crippen molar-refractivity contribution in [1.82, 2.24) is 4.90 Å². The summed E-state index contributed by atoms with van der Waals surface area (Å²) >= 11 is 0. The molecule has 1 aliphatic heterocycles. The van der Waals surface area contributed by atoms with Crippen LogP contribution in [0.5, 0.6) is 0 Å². The number of nitrogen functional groups attached to an aromatic ring is 1. The van der Waals surface area contributed by atoms with Crippen molar-refractivity contribution in [2.24, 2.45) is 0 Å². The standard InChI is InChI=1S/C17H20FN3.2ClH/c18-15-4-6-17(7-5-15)21-10-8-20(9-11-21)13-14-2-1-3-16(19)12-14;;/h1-7,12H,8-11,13,19H2;2*1H. The van der Waals surface area contributed by atoms with Crippen LogP contribution in [-0.4, -0.2) is 31.1 Å². The molecule has 1 aliphatic rings. The van der Waals surface area contributed by atoms with Gasteiger partial charge in [0.2, 0.25) is 0 Å². The first kappa shape index (κ1) is 19.6. The van der Waals surface area contributed by atoms with Crippen LogP contribution >= 0.6 is 24.8 Å². The minimum atomic E-state index is -0.181. The fourth-order valence-corrected chi connectivity index (χ4v) is 2.77. The summed E-state index contributed by atoms with van der Waals surface area (Å²) in [5.41, 5.74) is 8.99. The molecule has 2 N–H and O–H groups in total. The van der Waals surface area contributed by atoms with E-state index in [1.807, 2.05) is 30.3 Å². The zero-order valence-corrected chi connectivity index (χ0v) is 14.5. The number of hydrogen-bond donors (Lipinski definition) is 1. The Balaban J connectivity index is 0.00000132. The lowest BCUT2D eigenvalue weighted by molar-refractivity contribution is 0.250. The van der Waals surface area contributed by atoms with Crippen molar-refractivity contribution in [3.8, 4) is 0 Å². The van der Waals surface area contributed by atoms with Crippen LogP contribution in [0.1, 0.15) is 5.56 Å². The summed E-state index contributed by atoms with van der Waals surface area (Å²) < 4.78 is 13.0. The third-order valence-electron chi connectivity index (χ3n) is 3.92. The minimum Gasteiger partial charge on any atom is -0.399 e. The van der Waals surface area contributed by atoms with Crippen LogP contribution in [0.2, 0.25) is 0 Å². The first-order valence-corrected chi connectivity index (χ1v) is 7.28. The quantitative estimate of drug-likeness (QED) is 0.852. The van der Waals surface area contributed by atoms with Crippen LogP contribution in [-0.2, 0) is 6.54 Å². The molecule has 0 saturated carbocycles. The molecular formula is C17H22Cl2FN3. The van der Waals surface area contributed by atoms with Gasteiger partial charge in [-0.2, -0.15) is 0 Å². The highest BCUT2D eigenvalue weighted by atomic mass is 35.5. The Hall–Kier alpha value is -1.49. The molecule has 0 aromatic heterocycles. The average Bonchev–Trinajstić information content (AvgIpc) is 2.49. The molecular weight excluding hydrogens is 336 g/mol. The third-order valence-corrected chi connectivity index (χ3v) is 3.92. The van der Waals surface area contributed by atoms with Crippen LogP contribution in [0.3, 0.4) is 0 Å². The lowest BCUT2D eigenvalue weighted by Crippen LogP contribution is -2.45. The van der Waals surface area contributed by atoms with E-state index >= 15 is 0 Å². The van der Waals surface area contributed by atoms with Crippen LogP contribution in [0, 0.1) is 5.82 Å². The van der Waals surface area contributed by atoms with E-state index in [2.05, 4.69) is 15.9 Å². The molecule has 0 atom stereocenters. The van der Waals surface area contributed by atoms with Gasteiger partial charge in [-0.25, -0.2) is 4.39 Å². The van der Waals surface area contributed by atoms with Crippen molar-refractivity contribution in [1.29, 1.82) is 0 Å². The highest BCUT2D eigenvalue weighted by Gasteiger charge is 2.17. The largest absolute Gasteiger partial charge is 0.399 e. The Labute approximate surface area is 149 Å².